The van der Waals surface area contributed by atoms with Gasteiger partial charge >= 0.3 is 0 Å². The molecule has 3 heterocycles. The van der Waals surface area contributed by atoms with E-state index in [9.17, 15) is 9.59 Å². The van der Waals surface area contributed by atoms with Gasteiger partial charge in [0.15, 0.2) is 0 Å². The van der Waals surface area contributed by atoms with E-state index in [1.54, 1.807) is 28.1 Å². The first-order valence-corrected chi connectivity index (χ1v) is 8.45. The first-order valence-electron chi connectivity index (χ1n) is 6.69. The maximum absolute atomic E-state index is 12.4. The van der Waals surface area contributed by atoms with Crippen molar-refractivity contribution in [3.05, 3.63) is 28.6 Å². The smallest absolute Gasteiger partial charge is 0.273 e. The summed E-state index contributed by atoms with van der Waals surface area (Å²) in [4.78, 5) is 32.8. The number of amides is 2. The molecule has 0 saturated carbocycles. The normalized spacial score (nSPS) is 15.3. The van der Waals surface area contributed by atoms with Gasteiger partial charge in [0.1, 0.15) is 10.7 Å². The van der Waals surface area contributed by atoms with E-state index < -0.39 is 0 Å². The molecule has 0 unspecified atom stereocenters. The number of rotatable bonds is 2. The molecule has 2 amide bonds. The van der Waals surface area contributed by atoms with Crippen molar-refractivity contribution in [2.24, 2.45) is 0 Å². The average molecular weight is 321 g/mol. The van der Waals surface area contributed by atoms with Crippen LogP contribution in [0.2, 0.25) is 0 Å². The van der Waals surface area contributed by atoms with E-state index >= 15 is 0 Å². The summed E-state index contributed by atoms with van der Waals surface area (Å²) in [5.74, 6) is 0.0213. The maximum atomic E-state index is 12.4. The summed E-state index contributed by atoms with van der Waals surface area (Å²) in [5.41, 5.74) is 0.500. The predicted molar refractivity (Wildman–Crippen MR) is 83.6 cm³/mol. The number of nitrogens with zero attached hydrogens (tertiary/aromatic N) is 3. The molecule has 1 aliphatic heterocycles. The van der Waals surface area contributed by atoms with Crippen LogP contribution in [0.15, 0.2) is 22.9 Å². The second-order valence-electron chi connectivity index (χ2n) is 4.81. The Labute approximate surface area is 130 Å². The molecular weight excluding hydrogens is 306 g/mol. The number of thiazole rings is 1. The van der Waals surface area contributed by atoms with Crippen molar-refractivity contribution >= 4 is 34.5 Å². The zero-order valence-corrected chi connectivity index (χ0v) is 13.2. The Morgan fingerprint density at radius 2 is 1.86 bits per heavy atom. The molecule has 1 fully saturated rings. The van der Waals surface area contributed by atoms with Gasteiger partial charge in [0, 0.05) is 38.5 Å². The second-order valence-corrected chi connectivity index (χ2v) is 6.62. The van der Waals surface area contributed by atoms with Crippen LogP contribution in [-0.2, 0) is 4.79 Å². The van der Waals surface area contributed by atoms with Gasteiger partial charge in [0.25, 0.3) is 5.91 Å². The highest BCUT2D eigenvalue weighted by Gasteiger charge is 2.24. The second kappa shape index (κ2) is 5.95. The summed E-state index contributed by atoms with van der Waals surface area (Å²) < 4.78 is 0. The lowest BCUT2D eigenvalue weighted by atomic mass is 10.3. The largest absolute Gasteiger partial charge is 0.339 e. The van der Waals surface area contributed by atoms with Gasteiger partial charge in [0.05, 0.1) is 4.88 Å². The summed E-state index contributed by atoms with van der Waals surface area (Å²) in [5, 5.41) is 4.70. The van der Waals surface area contributed by atoms with Crippen LogP contribution in [0.1, 0.15) is 17.4 Å². The van der Waals surface area contributed by atoms with E-state index in [1.807, 2.05) is 22.9 Å². The molecule has 2 aromatic heterocycles. The average Bonchev–Trinajstić information content (AvgIpc) is 3.17. The standard InChI is InChI=1S/C14H15N3O2S2/c1-10(18)16-4-6-17(7-5-16)14(19)11-9-21-13(15-11)12-3-2-8-20-12/h2-3,8-9H,4-7H2,1H3. The summed E-state index contributed by atoms with van der Waals surface area (Å²) in [7, 11) is 0. The Morgan fingerprint density at radius 3 is 2.48 bits per heavy atom. The molecule has 0 aromatic carbocycles. The van der Waals surface area contributed by atoms with Gasteiger partial charge in [-0.05, 0) is 11.4 Å². The number of hydrogen-bond acceptors (Lipinski definition) is 5. The Balaban J connectivity index is 1.68. The van der Waals surface area contributed by atoms with Crippen molar-refractivity contribution in [3.8, 4) is 9.88 Å². The SMILES string of the molecule is CC(=O)N1CCN(C(=O)c2csc(-c3cccs3)n2)CC1. The topological polar surface area (TPSA) is 53.5 Å². The number of carbonyl (C=O) groups is 2. The van der Waals surface area contributed by atoms with Gasteiger partial charge in [-0.1, -0.05) is 6.07 Å². The molecule has 0 aliphatic carbocycles. The third kappa shape index (κ3) is 2.98. The van der Waals surface area contributed by atoms with Crippen molar-refractivity contribution in [3.63, 3.8) is 0 Å². The molecule has 2 aromatic rings. The van der Waals surface area contributed by atoms with Crippen LogP contribution >= 0.6 is 22.7 Å². The fourth-order valence-electron chi connectivity index (χ4n) is 2.27. The third-order valence-corrected chi connectivity index (χ3v) is 5.35. The molecule has 110 valence electrons. The number of hydrogen-bond donors (Lipinski definition) is 0. The Morgan fingerprint density at radius 1 is 1.14 bits per heavy atom. The van der Waals surface area contributed by atoms with Gasteiger partial charge in [-0.3, -0.25) is 9.59 Å². The van der Waals surface area contributed by atoms with Crippen LogP contribution in [0, 0.1) is 0 Å². The van der Waals surface area contributed by atoms with E-state index in [2.05, 4.69) is 4.98 Å². The van der Waals surface area contributed by atoms with Crippen LogP contribution in [0.5, 0.6) is 0 Å². The fraction of sp³-hybridized carbons (Fsp3) is 0.357. The predicted octanol–water partition coefficient (Wildman–Crippen LogP) is 2.18. The van der Waals surface area contributed by atoms with Crippen molar-refractivity contribution in [1.29, 1.82) is 0 Å². The van der Waals surface area contributed by atoms with Gasteiger partial charge in [-0.25, -0.2) is 4.98 Å². The van der Waals surface area contributed by atoms with Crippen molar-refractivity contribution in [2.75, 3.05) is 26.2 Å². The highest BCUT2D eigenvalue weighted by Crippen LogP contribution is 2.28. The first-order chi connectivity index (χ1) is 10.1. The number of piperazine rings is 1. The molecular formula is C14H15N3O2S2. The minimum absolute atomic E-state index is 0.0442. The summed E-state index contributed by atoms with van der Waals surface area (Å²) >= 11 is 3.11. The monoisotopic (exact) mass is 321 g/mol. The Kier molecular flexibility index (Phi) is 4.03. The Hall–Kier alpha value is -1.73. The van der Waals surface area contributed by atoms with Crippen molar-refractivity contribution < 1.29 is 9.59 Å². The van der Waals surface area contributed by atoms with Crippen LogP contribution < -0.4 is 0 Å². The van der Waals surface area contributed by atoms with E-state index in [1.165, 1.54) is 11.3 Å². The van der Waals surface area contributed by atoms with Crippen molar-refractivity contribution in [1.82, 2.24) is 14.8 Å². The molecule has 1 aliphatic rings. The highest BCUT2D eigenvalue weighted by molar-refractivity contribution is 7.20. The zero-order valence-electron chi connectivity index (χ0n) is 11.6. The lowest BCUT2D eigenvalue weighted by molar-refractivity contribution is -0.130. The minimum Gasteiger partial charge on any atom is -0.339 e. The molecule has 3 rings (SSSR count). The lowest BCUT2D eigenvalue weighted by Crippen LogP contribution is -2.50. The summed E-state index contributed by atoms with van der Waals surface area (Å²) in [6.45, 7) is 3.91. The van der Waals surface area contributed by atoms with E-state index in [-0.39, 0.29) is 11.8 Å². The fourth-order valence-corrected chi connectivity index (χ4v) is 3.88. The molecule has 21 heavy (non-hydrogen) atoms. The zero-order chi connectivity index (χ0) is 14.8. The third-order valence-electron chi connectivity index (χ3n) is 3.47. The maximum Gasteiger partial charge on any atom is 0.273 e. The summed E-state index contributed by atoms with van der Waals surface area (Å²) in [6.07, 6.45) is 0. The van der Waals surface area contributed by atoms with Crippen LogP contribution in [0.4, 0.5) is 0 Å². The molecule has 0 radical (unpaired) electrons. The van der Waals surface area contributed by atoms with Gasteiger partial charge in [-0.2, -0.15) is 0 Å². The first kappa shape index (κ1) is 14.2. The van der Waals surface area contributed by atoms with Crippen LogP contribution in [0.3, 0.4) is 0 Å². The molecule has 0 bridgehead atoms. The van der Waals surface area contributed by atoms with Crippen LogP contribution in [-0.4, -0.2) is 52.8 Å². The van der Waals surface area contributed by atoms with E-state index in [4.69, 9.17) is 0 Å². The number of carbonyl (C=O) groups excluding carboxylic acids is 2. The molecule has 5 nitrogen and oxygen atoms in total. The highest BCUT2D eigenvalue weighted by atomic mass is 32.1. The van der Waals surface area contributed by atoms with Gasteiger partial charge in [-0.15, -0.1) is 22.7 Å². The molecule has 0 spiro atoms. The molecule has 0 N–H and O–H groups in total. The van der Waals surface area contributed by atoms with Crippen LogP contribution in [0.25, 0.3) is 9.88 Å². The Bertz CT molecular complexity index is 643. The summed E-state index contributed by atoms with van der Waals surface area (Å²) in [6, 6.07) is 3.98. The van der Waals surface area contributed by atoms with Gasteiger partial charge < -0.3 is 9.80 Å². The van der Waals surface area contributed by atoms with Crippen molar-refractivity contribution in [2.45, 2.75) is 6.92 Å². The molecule has 0 atom stereocenters. The van der Waals surface area contributed by atoms with Gasteiger partial charge in [0.2, 0.25) is 5.91 Å². The lowest BCUT2D eigenvalue weighted by Gasteiger charge is -2.33. The number of thiophene rings is 1. The van der Waals surface area contributed by atoms with E-state index in [0.717, 1.165) is 9.88 Å². The van der Waals surface area contributed by atoms with E-state index in [0.29, 0.717) is 31.9 Å². The number of aromatic nitrogens is 1. The minimum atomic E-state index is -0.0442. The molecule has 7 heteroatoms. The quantitative estimate of drug-likeness (QED) is 0.852. The molecule has 1 saturated heterocycles.